The second kappa shape index (κ2) is 7.02. The summed E-state index contributed by atoms with van der Waals surface area (Å²) in [6, 6.07) is 8.67. The first-order chi connectivity index (χ1) is 13.1. The number of benzene rings is 2. The van der Waals surface area contributed by atoms with Crippen molar-refractivity contribution in [2.75, 3.05) is 6.54 Å². The Hall–Kier alpha value is -2.17. The molecule has 5 rings (SSSR count). The molecule has 2 aliphatic rings. The maximum Gasteiger partial charge on any atom is 0.163 e. The van der Waals surface area contributed by atoms with E-state index in [9.17, 15) is 9.59 Å². The summed E-state index contributed by atoms with van der Waals surface area (Å²) in [5.41, 5.74) is 6.51. The minimum absolute atomic E-state index is 0. The molecule has 0 saturated carbocycles. The van der Waals surface area contributed by atoms with Crippen LogP contribution in [0.3, 0.4) is 0 Å². The smallest absolute Gasteiger partial charge is 0.163 e. The molecular weight excluding hydrogens is 372 g/mol. The van der Waals surface area contributed by atoms with Crippen molar-refractivity contribution in [3.05, 3.63) is 46.5 Å². The Labute approximate surface area is 170 Å². The van der Waals surface area contributed by atoms with Crippen LogP contribution in [0.2, 0.25) is 0 Å². The van der Waals surface area contributed by atoms with Crippen LogP contribution in [0.15, 0.2) is 24.3 Å². The molecular formula is C23H25ClN2O2. The number of carbonyl (C=O) groups excluding carboxylic acids is 2. The summed E-state index contributed by atoms with van der Waals surface area (Å²) < 4.78 is 2.37. The second-order valence-electron chi connectivity index (χ2n) is 8.08. The third-order valence-corrected chi connectivity index (χ3v) is 6.11. The third-order valence-electron chi connectivity index (χ3n) is 6.11. The van der Waals surface area contributed by atoms with Crippen LogP contribution in [0.25, 0.3) is 21.8 Å². The molecule has 0 bridgehead atoms. The summed E-state index contributed by atoms with van der Waals surface area (Å²) in [6.07, 6.45) is 2.83. The Bertz CT molecular complexity index is 1050. The fourth-order valence-corrected chi connectivity index (χ4v) is 4.90. The Morgan fingerprint density at radius 2 is 1.36 bits per heavy atom. The summed E-state index contributed by atoms with van der Waals surface area (Å²) in [5.74, 6) is 0.496. The van der Waals surface area contributed by atoms with Gasteiger partial charge < -0.3 is 9.88 Å². The van der Waals surface area contributed by atoms with Gasteiger partial charge in [-0.3, -0.25) is 9.59 Å². The first-order valence-corrected chi connectivity index (χ1v) is 9.95. The Balaban J connectivity index is 0.00000192. The Morgan fingerprint density at radius 3 is 1.82 bits per heavy atom. The molecule has 0 fully saturated rings. The number of rotatable bonds is 4. The first-order valence-electron chi connectivity index (χ1n) is 9.95. The van der Waals surface area contributed by atoms with Gasteiger partial charge in [0.2, 0.25) is 0 Å². The van der Waals surface area contributed by atoms with Crippen molar-refractivity contribution in [3.8, 4) is 0 Å². The van der Waals surface area contributed by atoms with Gasteiger partial charge in [0.1, 0.15) is 0 Å². The summed E-state index contributed by atoms with van der Waals surface area (Å²) in [4.78, 5) is 24.6. The van der Waals surface area contributed by atoms with Gasteiger partial charge in [0.15, 0.2) is 11.6 Å². The average Bonchev–Trinajstić information content (AvgIpc) is 3.30. The molecule has 5 heteroatoms. The monoisotopic (exact) mass is 396 g/mol. The number of hydrogen-bond donors (Lipinski definition) is 1. The van der Waals surface area contributed by atoms with Crippen molar-refractivity contribution in [3.63, 3.8) is 0 Å². The number of Topliss-reactive ketones (excluding diaryl/α,β-unsaturated/α-hetero) is 2. The zero-order valence-corrected chi connectivity index (χ0v) is 17.1. The molecule has 0 amide bonds. The van der Waals surface area contributed by atoms with E-state index in [-0.39, 0.29) is 24.0 Å². The van der Waals surface area contributed by atoms with Crippen LogP contribution < -0.4 is 5.32 Å². The van der Waals surface area contributed by atoms with E-state index in [0.717, 1.165) is 37.1 Å². The number of halogens is 1. The molecule has 0 atom stereocenters. The minimum atomic E-state index is 0. The quantitative estimate of drug-likeness (QED) is 0.707. The average molecular weight is 397 g/mol. The highest BCUT2D eigenvalue weighted by molar-refractivity contribution is 6.18. The van der Waals surface area contributed by atoms with Crippen LogP contribution in [0, 0.1) is 0 Å². The minimum Gasteiger partial charge on any atom is -0.339 e. The van der Waals surface area contributed by atoms with Gasteiger partial charge in [-0.1, -0.05) is 13.8 Å². The van der Waals surface area contributed by atoms with Gasteiger partial charge in [-0.2, -0.15) is 0 Å². The van der Waals surface area contributed by atoms with Gasteiger partial charge in [0.25, 0.3) is 0 Å². The normalized spacial score (nSPS) is 15.5. The van der Waals surface area contributed by atoms with Crippen molar-refractivity contribution in [2.24, 2.45) is 0 Å². The number of fused-ring (bicyclic) bond motifs is 7. The lowest BCUT2D eigenvalue weighted by atomic mass is 9.98. The molecule has 0 aliphatic heterocycles. The van der Waals surface area contributed by atoms with Crippen LogP contribution in [0.4, 0.5) is 0 Å². The summed E-state index contributed by atoms with van der Waals surface area (Å²) >= 11 is 0. The molecule has 0 radical (unpaired) electrons. The van der Waals surface area contributed by atoms with Crippen LogP contribution >= 0.6 is 12.4 Å². The Kier molecular flexibility index (Phi) is 4.80. The van der Waals surface area contributed by atoms with E-state index >= 15 is 0 Å². The van der Waals surface area contributed by atoms with E-state index < -0.39 is 0 Å². The molecule has 0 saturated heterocycles. The van der Waals surface area contributed by atoms with Crippen LogP contribution in [0.1, 0.15) is 58.5 Å². The molecule has 28 heavy (non-hydrogen) atoms. The van der Waals surface area contributed by atoms with Gasteiger partial charge in [0.05, 0.1) is 0 Å². The molecule has 2 aliphatic carbocycles. The highest BCUT2D eigenvalue weighted by Crippen LogP contribution is 2.41. The maximum atomic E-state index is 12.3. The van der Waals surface area contributed by atoms with Crippen molar-refractivity contribution < 1.29 is 9.59 Å². The fraction of sp³-hybridized carbons (Fsp3) is 0.391. The number of aryl methyl sites for hydroxylation is 2. The van der Waals surface area contributed by atoms with E-state index in [2.05, 4.69) is 35.9 Å². The predicted octanol–water partition coefficient (Wildman–Crippen LogP) is 4.47. The maximum absolute atomic E-state index is 12.3. The van der Waals surface area contributed by atoms with Gasteiger partial charge in [0, 0.05) is 64.9 Å². The third kappa shape index (κ3) is 2.70. The molecule has 0 unspecified atom stereocenters. The highest BCUT2D eigenvalue weighted by Gasteiger charge is 2.29. The van der Waals surface area contributed by atoms with E-state index in [0.29, 0.717) is 18.9 Å². The van der Waals surface area contributed by atoms with Gasteiger partial charge in [-0.25, -0.2) is 0 Å². The van der Waals surface area contributed by atoms with Crippen LogP contribution in [-0.4, -0.2) is 28.7 Å². The Morgan fingerprint density at radius 1 is 0.857 bits per heavy atom. The lowest BCUT2D eigenvalue weighted by molar-refractivity contribution is 0.0986. The lowest BCUT2D eigenvalue weighted by Crippen LogP contribution is -2.26. The van der Waals surface area contributed by atoms with Crippen molar-refractivity contribution >= 4 is 45.8 Å². The van der Waals surface area contributed by atoms with Crippen LogP contribution in [-0.2, 0) is 19.4 Å². The zero-order valence-electron chi connectivity index (χ0n) is 16.3. The number of aromatic nitrogens is 1. The van der Waals surface area contributed by atoms with E-state index in [4.69, 9.17) is 0 Å². The van der Waals surface area contributed by atoms with Crippen molar-refractivity contribution in [1.29, 1.82) is 0 Å². The van der Waals surface area contributed by atoms with Gasteiger partial charge >= 0.3 is 0 Å². The number of nitrogens with one attached hydrogen (secondary N) is 1. The predicted molar refractivity (Wildman–Crippen MR) is 115 cm³/mol. The molecule has 146 valence electrons. The van der Waals surface area contributed by atoms with Crippen LogP contribution in [0.5, 0.6) is 0 Å². The highest BCUT2D eigenvalue weighted by atomic mass is 35.5. The number of nitrogens with zero attached hydrogens (tertiary/aromatic N) is 1. The molecule has 2 aromatic carbocycles. The first kappa shape index (κ1) is 19.2. The number of carbonyl (C=O) groups is 2. The van der Waals surface area contributed by atoms with E-state index in [1.807, 2.05) is 12.1 Å². The fourth-order valence-electron chi connectivity index (χ4n) is 4.90. The van der Waals surface area contributed by atoms with E-state index in [1.165, 1.54) is 32.9 Å². The van der Waals surface area contributed by atoms with Crippen molar-refractivity contribution in [2.45, 2.75) is 52.1 Å². The molecule has 4 nitrogen and oxygen atoms in total. The topological polar surface area (TPSA) is 51.1 Å². The SMILES string of the molecule is CC(C)NCCn1c2ccc3c(c2c2c4c(ccc21)C(=O)CC4)CCC3=O.Cl. The number of hydrogen-bond acceptors (Lipinski definition) is 3. The van der Waals surface area contributed by atoms with Gasteiger partial charge in [-0.05, 0) is 48.2 Å². The largest absolute Gasteiger partial charge is 0.339 e. The zero-order chi connectivity index (χ0) is 18.7. The second-order valence-corrected chi connectivity index (χ2v) is 8.08. The van der Waals surface area contributed by atoms with E-state index in [1.54, 1.807) is 0 Å². The lowest BCUT2D eigenvalue weighted by Gasteiger charge is -2.11. The molecule has 1 aromatic heterocycles. The molecule has 3 aromatic rings. The van der Waals surface area contributed by atoms with Crippen molar-refractivity contribution in [1.82, 2.24) is 9.88 Å². The molecule has 1 N–H and O–H groups in total. The molecule has 0 spiro atoms. The molecule has 1 heterocycles. The summed E-state index contributed by atoms with van der Waals surface area (Å²) in [6.45, 7) is 6.08. The summed E-state index contributed by atoms with van der Waals surface area (Å²) in [5, 5.41) is 5.93. The summed E-state index contributed by atoms with van der Waals surface area (Å²) in [7, 11) is 0. The van der Waals surface area contributed by atoms with Gasteiger partial charge in [-0.15, -0.1) is 12.4 Å². The standard InChI is InChI=1S/C23H24N2O2.ClH/c1-13(2)24-11-12-25-18-7-3-14-16(5-9-20(14)26)22(18)23-17-6-10-21(27)15(17)4-8-19(23)25;/h3-4,7-8,13,24H,5-6,9-12H2,1-2H3;1H. The number of ketones is 2.